The molecule has 1 aromatic rings. The Bertz CT molecular complexity index is 969. The Morgan fingerprint density at radius 3 is 2.74 bits per heavy atom. The molecule has 0 aromatic heterocycles. The van der Waals surface area contributed by atoms with E-state index < -0.39 is 10.3 Å². The quantitative estimate of drug-likeness (QED) is 0.617. The number of aryl methyl sites for hydroxylation is 1. The lowest BCUT2D eigenvalue weighted by Gasteiger charge is -2.49. The molecule has 0 aliphatic heterocycles. The van der Waals surface area contributed by atoms with Gasteiger partial charge in [-0.25, -0.2) is 0 Å². The highest BCUT2D eigenvalue weighted by atomic mass is 32.2. The number of rotatable bonds is 2. The molecule has 0 bridgehead atoms. The summed E-state index contributed by atoms with van der Waals surface area (Å²) in [6.45, 7) is 8.52. The second kappa shape index (κ2) is 6.39. The average molecular weight is 386 g/mol. The minimum absolute atomic E-state index is 0.249. The molecule has 4 atom stereocenters. The van der Waals surface area contributed by atoms with E-state index in [0.717, 1.165) is 25.7 Å². The van der Waals surface area contributed by atoms with Gasteiger partial charge in [0.25, 0.3) is 0 Å². The van der Waals surface area contributed by atoms with Gasteiger partial charge in [-0.3, -0.25) is 0 Å². The van der Waals surface area contributed by atoms with Crippen LogP contribution >= 0.6 is 0 Å². The fourth-order valence-corrected chi connectivity index (χ4v) is 6.32. The molecule has 0 heterocycles. The van der Waals surface area contributed by atoms with E-state index in [9.17, 15) is 8.42 Å². The van der Waals surface area contributed by atoms with Gasteiger partial charge < -0.3 is 4.18 Å². The first-order chi connectivity index (χ1) is 12.7. The molecular weight excluding hydrogens is 358 g/mol. The van der Waals surface area contributed by atoms with E-state index in [-0.39, 0.29) is 5.75 Å². The average Bonchev–Trinajstić information content (AvgIpc) is 2.89. The number of benzene rings is 1. The highest BCUT2D eigenvalue weighted by molar-refractivity contribution is 7.84. The van der Waals surface area contributed by atoms with E-state index >= 15 is 0 Å². The zero-order chi connectivity index (χ0) is 19.4. The molecule has 27 heavy (non-hydrogen) atoms. The minimum atomic E-state index is -4.07. The van der Waals surface area contributed by atoms with E-state index in [1.165, 1.54) is 29.5 Å². The normalized spacial score (nSPS) is 32.0. The Hall–Kier alpha value is -1.77. The van der Waals surface area contributed by atoms with Gasteiger partial charge in [-0.1, -0.05) is 25.0 Å². The fourth-order valence-electron chi connectivity index (χ4n) is 5.93. The van der Waals surface area contributed by atoms with Gasteiger partial charge in [-0.2, -0.15) is 13.6 Å². The van der Waals surface area contributed by atoms with Crippen LogP contribution in [-0.4, -0.2) is 8.42 Å². The van der Waals surface area contributed by atoms with Gasteiger partial charge >= 0.3 is 10.3 Å². The smallest absolute Gasteiger partial charge is 0.370 e. The van der Waals surface area contributed by atoms with Crippen molar-refractivity contribution in [3.05, 3.63) is 41.0 Å². The molecular formula is C22H27NO3S. The lowest BCUT2D eigenvalue weighted by atomic mass is 9.55. The van der Waals surface area contributed by atoms with Gasteiger partial charge in [-0.05, 0) is 91.9 Å². The number of nitrogens with two attached hydrogens (primary N) is 1. The molecule has 3 aliphatic rings. The maximum absolute atomic E-state index is 11.4. The largest absolute Gasteiger partial charge is 0.380 e. The number of hydrogen-bond acceptors (Lipinski definition) is 3. The molecule has 2 fully saturated rings. The van der Waals surface area contributed by atoms with Gasteiger partial charge in [0.05, 0.1) is 5.56 Å². The third-order valence-corrected chi connectivity index (χ3v) is 7.66. The molecule has 4 rings (SSSR count). The number of hydrogen-bond donors (Lipinski definition) is 1. The molecule has 0 saturated heterocycles. The summed E-state index contributed by atoms with van der Waals surface area (Å²) < 4.78 is 27.9. The molecule has 1 aromatic carbocycles. The first kappa shape index (κ1) is 18.6. The summed E-state index contributed by atoms with van der Waals surface area (Å²) in [6.07, 6.45) is 6.82. The summed E-state index contributed by atoms with van der Waals surface area (Å²) in [5.74, 6) is 7.99. The SMILES string of the molecule is C=C1CCC2C3CCc4cc(OS(N)(=O)=O)c(C#CC)cc4C3CC[C@]12C. The topological polar surface area (TPSA) is 69.4 Å². The van der Waals surface area contributed by atoms with Crippen LogP contribution in [0.4, 0.5) is 0 Å². The van der Waals surface area contributed by atoms with Gasteiger partial charge in [0, 0.05) is 0 Å². The second-order valence-electron chi connectivity index (χ2n) is 8.51. The van der Waals surface area contributed by atoms with Crippen molar-refractivity contribution in [3.63, 3.8) is 0 Å². The summed E-state index contributed by atoms with van der Waals surface area (Å²) in [7, 11) is -4.07. The number of fused-ring (bicyclic) bond motifs is 5. The van der Waals surface area contributed by atoms with Crippen LogP contribution < -0.4 is 9.32 Å². The maximum atomic E-state index is 11.4. The minimum Gasteiger partial charge on any atom is -0.370 e. The summed E-state index contributed by atoms with van der Waals surface area (Å²) in [5, 5.41) is 5.09. The van der Waals surface area contributed by atoms with Crippen molar-refractivity contribution in [2.45, 2.75) is 58.3 Å². The van der Waals surface area contributed by atoms with E-state index in [2.05, 4.69) is 31.4 Å². The first-order valence-electron chi connectivity index (χ1n) is 9.73. The van der Waals surface area contributed by atoms with Crippen molar-refractivity contribution in [3.8, 4) is 17.6 Å². The first-order valence-corrected chi connectivity index (χ1v) is 11.2. The Morgan fingerprint density at radius 2 is 2.04 bits per heavy atom. The predicted molar refractivity (Wildman–Crippen MR) is 106 cm³/mol. The van der Waals surface area contributed by atoms with Crippen LogP contribution in [0.25, 0.3) is 0 Å². The Kier molecular flexibility index (Phi) is 4.40. The van der Waals surface area contributed by atoms with Gasteiger partial charge in [0.15, 0.2) is 5.75 Å². The Labute approximate surface area is 162 Å². The van der Waals surface area contributed by atoms with E-state index in [1.807, 2.05) is 6.07 Å². The van der Waals surface area contributed by atoms with Crippen LogP contribution in [0, 0.1) is 29.1 Å². The molecule has 0 amide bonds. The highest BCUT2D eigenvalue weighted by Crippen LogP contribution is 2.62. The molecule has 0 radical (unpaired) electrons. The summed E-state index contributed by atoms with van der Waals surface area (Å²) in [5.41, 5.74) is 4.84. The van der Waals surface area contributed by atoms with Crippen LogP contribution in [0.1, 0.15) is 68.6 Å². The van der Waals surface area contributed by atoms with Crippen LogP contribution in [-0.2, 0) is 16.7 Å². The molecule has 4 nitrogen and oxygen atoms in total. The monoisotopic (exact) mass is 385 g/mol. The van der Waals surface area contributed by atoms with Crippen molar-refractivity contribution in [2.75, 3.05) is 0 Å². The van der Waals surface area contributed by atoms with Crippen molar-refractivity contribution in [1.29, 1.82) is 0 Å². The van der Waals surface area contributed by atoms with Crippen molar-refractivity contribution in [1.82, 2.24) is 0 Å². The molecule has 2 saturated carbocycles. The van der Waals surface area contributed by atoms with E-state index in [1.54, 1.807) is 6.92 Å². The summed E-state index contributed by atoms with van der Waals surface area (Å²) in [4.78, 5) is 0. The van der Waals surface area contributed by atoms with Crippen LogP contribution in [0.15, 0.2) is 24.3 Å². The molecule has 144 valence electrons. The third-order valence-electron chi connectivity index (χ3n) is 7.24. The van der Waals surface area contributed by atoms with Crippen molar-refractivity contribution in [2.24, 2.45) is 22.4 Å². The van der Waals surface area contributed by atoms with Crippen LogP contribution in [0.2, 0.25) is 0 Å². The highest BCUT2D eigenvalue weighted by Gasteiger charge is 2.51. The van der Waals surface area contributed by atoms with Crippen LogP contribution in [0.3, 0.4) is 0 Å². The standard InChI is InChI=1S/C22H27NO3S/c1-4-5-16-12-19-15(13-21(16)26-27(23,24)25)7-8-18-17(19)10-11-22(3)14(2)6-9-20(18)22/h12-13,17-18,20H,2,6-11H2,1,3H3,(H2,23,24,25)/t17?,18?,20?,22-/m1/s1. The molecule has 5 heteroatoms. The molecule has 3 aliphatic carbocycles. The molecule has 3 unspecified atom stereocenters. The third kappa shape index (κ3) is 3.09. The maximum Gasteiger partial charge on any atom is 0.380 e. The van der Waals surface area contributed by atoms with Crippen molar-refractivity contribution < 1.29 is 12.6 Å². The second-order valence-corrected chi connectivity index (χ2v) is 9.66. The summed E-state index contributed by atoms with van der Waals surface area (Å²) in [6, 6.07) is 3.90. The molecule has 0 spiro atoms. The summed E-state index contributed by atoms with van der Waals surface area (Å²) >= 11 is 0. The Balaban J connectivity index is 1.75. The zero-order valence-electron chi connectivity index (χ0n) is 16.0. The predicted octanol–water partition coefficient (Wildman–Crippen LogP) is 4.05. The fraction of sp³-hybridized carbons (Fsp3) is 0.545. The number of allylic oxidation sites excluding steroid dienone is 1. The Morgan fingerprint density at radius 1 is 1.26 bits per heavy atom. The van der Waals surface area contributed by atoms with Gasteiger partial charge in [-0.15, -0.1) is 5.92 Å². The lowest BCUT2D eigenvalue weighted by Crippen LogP contribution is -2.40. The lowest BCUT2D eigenvalue weighted by molar-refractivity contribution is 0.0816. The van der Waals surface area contributed by atoms with Gasteiger partial charge in [0.2, 0.25) is 0 Å². The zero-order valence-corrected chi connectivity index (χ0v) is 16.9. The van der Waals surface area contributed by atoms with E-state index in [0.29, 0.717) is 28.7 Å². The van der Waals surface area contributed by atoms with Crippen molar-refractivity contribution >= 4 is 10.3 Å². The van der Waals surface area contributed by atoms with Gasteiger partial charge in [0.1, 0.15) is 0 Å². The molecule has 2 N–H and O–H groups in total. The van der Waals surface area contributed by atoms with E-state index in [4.69, 9.17) is 9.32 Å². The van der Waals surface area contributed by atoms with Crippen LogP contribution in [0.5, 0.6) is 5.75 Å².